The Balaban J connectivity index is 2.81. The lowest BCUT2D eigenvalue weighted by atomic mass is 10.1. The molecule has 1 amide bonds. The van der Waals surface area contributed by atoms with E-state index in [2.05, 4.69) is 5.32 Å². The summed E-state index contributed by atoms with van der Waals surface area (Å²) in [5.74, 6) is -1.40. The molecule has 1 N–H and O–H groups in total. The molecule has 0 bridgehead atoms. The van der Waals surface area contributed by atoms with Crippen LogP contribution < -0.4 is 5.32 Å². The summed E-state index contributed by atoms with van der Waals surface area (Å²) in [6, 6.07) is 2.75. The number of alkyl halides is 1. The number of amides is 1. The molecule has 0 radical (unpaired) electrons. The van der Waals surface area contributed by atoms with E-state index < -0.39 is 22.3 Å². The highest BCUT2D eigenvalue weighted by atomic mass is 35.5. The molecule has 1 aromatic rings. The van der Waals surface area contributed by atoms with Crippen LogP contribution in [0.3, 0.4) is 0 Å². The molecular weight excluding hydrogens is 275 g/mol. The molecule has 0 fully saturated rings. The minimum absolute atomic E-state index is 0.182. The molecule has 104 valence electrons. The minimum Gasteiger partial charge on any atom is -0.350 e. The van der Waals surface area contributed by atoms with Gasteiger partial charge in [-0.05, 0) is 18.6 Å². The quantitative estimate of drug-likeness (QED) is 0.497. The third-order valence-electron chi connectivity index (χ3n) is 2.49. The van der Waals surface area contributed by atoms with Crippen molar-refractivity contribution in [1.29, 1.82) is 0 Å². The number of nitro benzene ring substituents is 1. The maximum absolute atomic E-state index is 13.1. The molecule has 0 spiro atoms. The zero-order valence-electron chi connectivity index (χ0n) is 10.4. The summed E-state index contributed by atoms with van der Waals surface area (Å²) in [7, 11) is 0. The monoisotopic (exact) mass is 288 g/mol. The van der Waals surface area contributed by atoms with Crippen LogP contribution >= 0.6 is 11.6 Å². The van der Waals surface area contributed by atoms with Gasteiger partial charge in [0.25, 0.3) is 11.6 Å². The summed E-state index contributed by atoms with van der Waals surface area (Å²) in [5, 5.41) is 13.0. The van der Waals surface area contributed by atoms with E-state index in [1.165, 1.54) is 0 Å². The second kappa shape index (κ2) is 7.04. The minimum atomic E-state index is -0.724. The Labute approximate surface area is 114 Å². The molecule has 1 rings (SSSR count). The van der Waals surface area contributed by atoms with E-state index in [0.29, 0.717) is 6.42 Å². The molecule has 0 heterocycles. The van der Waals surface area contributed by atoms with E-state index in [4.69, 9.17) is 11.6 Å². The summed E-state index contributed by atoms with van der Waals surface area (Å²) in [6.45, 7) is 2.14. The van der Waals surface area contributed by atoms with Crippen molar-refractivity contribution in [2.24, 2.45) is 0 Å². The molecular formula is C12H14ClFN2O3. The van der Waals surface area contributed by atoms with Crippen LogP contribution in [0, 0.1) is 15.9 Å². The first-order valence-corrected chi connectivity index (χ1v) is 6.25. The number of hydrogen-bond acceptors (Lipinski definition) is 3. The Morgan fingerprint density at radius 3 is 2.84 bits per heavy atom. The molecule has 0 aromatic heterocycles. The molecule has 19 heavy (non-hydrogen) atoms. The van der Waals surface area contributed by atoms with Crippen molar-refractivity contribution in [2.75, 3.05) is 6.54 Å². The van der Waals surface area contributed by atoms with Crippen molar-refractivity contribution >= 4 is 23.2 Å². The van der Waals surface area contributed by atoms with Crippen LogP contribution in [0.4, 0.5) is 10.1 Å². The lowest BCUT2D eigenvalue weighted by molar-refractivity contribution is -0.385. The average molecular weight is 289 g/mol. The van der Waals surface area contributed by atoms with Crippen LogP contribution in [-0.4, -0.2) is 22.8 Å². The molecule has 5 nitrogen and oxygen atoms in total. The van der Waals surface area contributed by atoms with Gasteiger partial charge in [-0.25, -0.2) is 4.39 Å². The lowest BCUT2D eigenvalue weighted by Gasteiger charge is -2.10. The summed E-state index contributed by atoms with van der Waals surface area (Å²) in [6.07, 6.45) is 1.58. The van der Waals surface area contributed by atoms with E-state index in [-0.39, 0.29) is 17.5 Å². The van der Waals surface area contributed by atoms with E-state index >= 15 is 0 Å². The van der Waals surface area contributed by atoms with Crippen LogP contribution in [-0.2, 0) is 0 Å². The van der Waals surface area contributed by atoms with Crippen LogP contribution in [0.1, 0.15) is 30.1 Å². The average Bonchev–Trinajstić information content (AvgIpc) is 2.35. The van der Waals surface area contributed by atoms with Crippen LogP contribution in [0.15, 0.2) is 18.2 Å². The number of nitrogens with one attached hydrogen (secondary N) is 1. The first kappa shape index (κ1) is 15.4. The number of rotatable bonds is 6. The number of carbonyl (C=O) groups excluding carboxylic acids is 1. The Morgan fingerprint density at radius 2 is 2.26 bits per heavy atom. The first-order chi connectivity index (χ1) is 8.95. The largest absolute Gasteiger partial charge is 0.350 e. The Bertz CT molecular complexity index is 482. The molecule has 1 unspecified atom stereocenters. The normalized spacial score (nSPS) is 11.9. The number of halogens is 2. The highest BCUT2D eigenvalue weighted by molar-refractivity contribution is 6.21. The zero-order valence-corrected chi connectivity index (χ0v) is 11.1. The first-order valence-electron chi connectivity index (χ1n) is 5.82. The summed E-state index contributed by atoms with van der Waals surface area (Å²) in [4.78, 5) is 21.8. The highest BCUT2D eigenvalue weighted by Crippen LogP contribution is 2.19. The van der Waals surface area contributed by atoms with Gasteiger partial charge in [0.05, 0.1) is 10.3 Å². The van der Waals surface area contributed by atoms with Crippen molar-refractivity contribution in [3.8, 4) is 0 Å². The predicted molar refractivity (Wildman–Crippen MR) is 69.9 cm³/mol. The van der Waals surface area contributed by atoms with Gasteiger partial charge in [0.15, 0.2) is 0 Å². The number of nitro groups is 1. The number of nitrogens with zero attached hydrogens (tertiary/aromatic N) is 1. The summed E-state index contributed by atoms with van der Waals surface area (Å²) in [5.41, 5.74) is -0.731. The van der Waals surface area contributed by atoms with Crippen molar-refractivity contribution < 1.29 is 14.1 Å². The molecule has 0 aliphatic rings. The molecule has 0 saturated carbocycles. The molecule has 7 heteroatoms. The van der Waals surface area contributed by atoms with Gasteiger partial charge in [-0.3, -0.25) is 14.9 Å². The number of hydrogen-bond donors (Lipinski definition) is 1. The SMILES string of the molecule is CCCC(Cl)CNC(=O)c1cc(F)ccc1[N+](=O)[O-]. The second-order valence-electron chi connectivity index (χ2n) is 4.01. The Hall–Kier alpha value is -1.69. The van der Waals surface area contributed by atoms with Gasteiger partial charge in [-0.15, -0.1) is 11.6 Å². The Morgan fingerprint density at radius 1 is 1.58 bits per heavy atom. The number of carbonyl (C=O) groups is 1. The fourth-order valence-electron chi connectivity index (χ4n) is 1.56. The van der Waals surface area contributed by atoms with Gasteiger partial charge in [-0.2, -0.15) is 0 Å². The van der Waals surface area contributed by atoms with Crippen molar-refractivity contribution in [1.82, 2.24) is 5.32 Å². The van der Waals surface area contributed by atoms with Crippen LogP contribution in [0.25, 0.3) is 0 Å². The summed E-state index contributed by atoms with van der Waals surface area (Å²) < 4.78 is 13.1. The van der Waals surface area contributed by atoms with Gasteiger partial charge < -0.3 is 5.32 Å². The van der Waals surface area contributed by atoms with E-state index in [0.717, 1.165) is 24.6 Å². The zero-order chi connectivity index (χ0) is 14.4. The number of benzene rings is 1. The topological polar surface area (TPSA) is 72.2 Å². The highest BCUT2D eigenvalue weighted by Gasteiger charge is 2.21. The molecule has 0 aliphatic heterocycles. The van der Waals surface area contributed by atoms with Crippen molar-refractivity contribution in [3.05, 3.63) is 39.7 Å². The predicted octanol–water partition coefficient (Wildman–Crippen LogP) is 2.87. The maximum Gasteiger partial charge on any atom is 0.282 e. The smallest absolute Gasteiger partial charge is 0.282 e. The molecule has 1 atom stereocenters. The van der Waals surface area contributed by atoms with E-state index in [9.17, 15) is 19.3 Å². The van der Waals surface area contributed by atoms with E-state index in [1.54, 1.807) is 0 Å². The third-order valence-corrected chi connectivity index (χ3v) is 2.86. The molecule has 0 aliphatic carbocycles. The van der Waals surface area contributed by atoms with Crippen molar-refractivity contribution in [2.45, 2.75) is 25.1 Å². The van der Waals surface area contributed by atoms with Gasteiger partial charge in [-0.1, -0.05) is 13.3 Å². The molecule has 1 aromatic carbocycles. The maximum atomic E-state index is 13.1. The van der Waals surface area contributed by atoms with E-state index in [1.807, 2.05) is 6.92 Å². The van der Waals surface area contributed by atoms with Gasteiger partial charge >= 0.3 is 0 Å². The van der Waals surface area contributed by atoms with Crippen LogP contribution in [0.5, 0.6) is 0 Å². The van der Waals surface area contributed by atoms with Gasteiger partial charge in [0.2, 0.25) is 0 Å². The second-order valence-corrected chi connectivity index (χ2v) is 4.63. The fourth-order valence-corrected chi connectivity index (χ4v) is 1.86. The Kier molecular flexibility index (Phi) is 5.69. The molecule has 0 saturated heterocycles. The van der Waals surface area contributed by atoms with Gasteiger partial charge in [0.1, 0.15) is 11.4 Å². The summed E-state index contributed by atoms with van der Waals surface area (Å²) >= 11 is 5.92. The fraction of sp³-hybridized carbons (Fsp3) is 0.417. The van der Waals surface area contributed by atoms with Gasteiger partial charge in [0, 0.05) is 12.6 Å². The standard InChI is InChI=1S/C12H14ClFN2O3/c1-2-3-8(13)7-15-12(17)10-6-9(14)4-5-11(10)16(18)19/h4-6,8H,2-3,7H2,1H3,(H,15,17). The van der Waals surface area contributed by atoms with Crippen LogP contribution in [0.2, 0.25) is 0 Å². The third kappa shape index (κ3) is 4.48. The lowest BCUT2D eigenvalue weighted by Crippen LogP contribution is -2.30. The van der Waals surface area contributed by atoms with Crippen molar-refractivity contribution in [3.63, 3.8) is 0 Å².